The maximum absolute atomic E-state index is 9.24. The molecule has 3 heterocycles. The molecule has 0 atom stereocenters. The maximum atomic E-state index is 9.24. The zero-order chi connectivity index (χ0) is 18.8. The molecule has 0 radical (unpaired) electrons. The summed E-state index contributed by atoms with van der Waals surface area (Å²) in [7, 11) is 0. The standard InChI is InChI=1S/C20H21N3O4/c1-12(2)25-20-9-13(5-6-21-20)15-7-16(8-15)26-19-4-3-14(11-22-19)17-10-18(24)23-27-17/h3-6,9-12,15-16H,7-8H2,1-2H3,(H,23,24)/t15-,16-. The van der Waals surface area contributed by atoms with Gasteiger partial charge in [-0.05, 0) is 55.5 Å². The molecular weight excluding hydrogens is 346 g/mol. The van der Waals surface area contributed by atoms with Crippen LogP contribution in [0.5, 0.6) is 17.6 Å². The summed E-state index contributed by atoms with van der Waals surface area (Å²) >= 11 is 0. The van der Waals surface area contributed by atoms with Gasteiger partial charge in [-0.25, -0.2) is 9.97 Å². The fourth-order valence-corrected chi connectivity index (χ4v) is 3.09. The van der Waals surface area contributed by atoms with Gasteiger partial charge in [-0.3, -0.25) is 0 Å². The van der Waals surface area contributed by atoms with Gasteiger partial charge in [0.1, 0.15) is 6.10 Å². The van der Waals surface area contributed by atoms with Crippen LogP contribution in [0, 0.1) is 0 Å². The number of hydrogen-bond donors (Lipinski definition) is 1. The molecule has 0 aliphatic heterocycles. The first-order valence-electron chi connectivity index (χ1n) is 8.98. The highest BCUT2D eigenvalue weighted by atomic mass is 16.5. The van der Waals surface area contributed by atoms with Crippen molar-refractivity contribution >= 4 is 0 Å². The molecule has 3 aromatic heterocycles. The molecule has 1 saturated carbocycles. The van der Waals surface area contributed by atoms with Gasteiger partial charge in [-0.1, -0.05) is 0 Å². The molecule has 1 aliphatic carbocycles. The predicted octanol–water partition coefficient (Wildman–Crippen LogP) is 3.95. The van der Waals surface area contributed by atoms with Gasteiger partial charge >= 0.3 is 0 Å². The lowest BCUT2D eigenvalue weighted by atomic mass is 9.78. The minimum Gasteiger partial charge on any atom is -0.491 e. The highest BCUT2D eigenvalue weighted by molar-refractivity contribution is 5.57. The molecule has 7 heteroatoms. The molecule has 0 bridgehead atoms. The molecule has 0 unspecified atom stereocenters. The van der Waals surface area contributed by atoms with Crippen LogP contribution >= 0.6 is 0 Å². The summed E-state index contributed by atoms with van der Waals surface area (Å²) in [6.07, 6.45) is 5.56. The zero-order valence-electron chi connectivity index (χ0n) is 15.2. The van der Waals surface area contributed by atoms with Crippen LogP contribution in [0.1, 0.15) is 38.2 Å². The van der Waals surface area contributed by atoms with Crippen molar-refractivity contribution in [3.8, 4) is 29.0 Å². The molecule has 1 N–H and O–H groups in total. The zero-order valence-corrected chi connectivity index (χ0v) is 15.2. The van der Waals surface area contributed by atoms with E-state index < -0.39 is 0 Å². The summed E-state index contributed by atoms with van der Waals surface area (Å²) in [4.78, 5) is 8.56. The predicted molar refractivity (Wildman–Crippen MR) is 97.8 cm³/mol. The number of ether oxygens (including phenoxy) is 2. The number of nitrogens with zero attached hydrogens (tertiary/aromatic N) is 3. The molecular formula is C20H21N3O4. The summed E-state index contributed by atoms with van der Waals surface area (Å²) in [5.74, 6) is 2.01. The Labute approximate surface area is 157 Å². The lowest BCUT2D eigenvalue weighted by molar-refractivity contribution is 0.0933. The maximum Gasteiger partial charge on any atom is 0.252 e. The molecule has 4 rings (SSSR count). The van der Waals surface area contributed by atoms with Crippen LogP contribution in [-0.4, -0.2) is 32.4 Å². The van der Waals surface area contributed by atoms with Crippen molar-refractivity contribution in [2.24, 2.45) is 0 Å². The fraction of sp³-hybridized carbons (Fsp3) is 0.350. The third-order valence-corrected chi connectivity index (χ3v) is 4.49. The smallest absolute Gasteiger partial charge is 0.252 e. The Kier molecular flexibility index (Phi) is 4.66. The lowest BCUT2D eigenvalue weighted by Crippen LogP contribution is -2.32. The van der Waals surface area contributed by atoms with Crippen LogP contribution in [0.25, 0.3) is 11.3 Å². The average Bonchev–Trinajstić information content (AvgIpc) is 3.04. The van der Waals surface area contributed by atoms with Gasteiger partial charge in [-0.15, -0.1) is 0 Å². The van der Waals surface area contributed by atoms with Crippen LogP contribution in [0.3, 0.4) is 0 Å². The second kappa shape index (κ2) is 7.26. The monoisotopic (exact) mass is 367 g/mol. The van der Waals surface area contributed by atoms with E-state index in [2.05, 4.69) is 15.1 Å². The quantitative estimate of drug-likeness (QED) is 0.705. The van der Waals surface area contributed by atoms with Crippen molar-refractivity contribution in [3.05, 3.63) is 48.3 Å². The summed E-state index contributed by atoms with van der Waals surface area (Å²) in [5, 5.41) is 12.7. The Balaban J connectivity index is 1.33. The van der Waals surface area contributed by atoms with E-state index in [4.69, 9.17) is 14.0 Å². The van der Waals surface area contributed by atoms with E-state index in [1.165, 1.54) is 11.6 Å². The molecule has 0 spiro atoms. The highest BCUT2D eigenvalue weighted by Crippen LogP contribution is 2.39. The first-order valence-corrected chi connectivity index (χ1v) is 8.98. The SMILES string of the molecule is CC(C)Oc1cc([C@H]2C[C@H](Oc3ccc(-c4cc(O)no4)cn3)C2)ccn1. The molecule has 1 fully saturated rings. The molecule has 140 valence electrons. The van der Waals surface area contributed by atoms with Gasteiger partial charge in [0.05, 0.1) is 6.10 Å². The third-order valence-electron chi connectivity index (χ3n) is 4.49. The lowest BCUT2D eigenvalue weighted by Gasteiger charge is -2.35. The largest absolute Gasteiger partial charge is 0.491 e. The Morgan fingerprint density at radius 3 is 2.63 bits per heavy atom. The van der Waals surface area contributed by atoms with Crippen molar-refractivity contribution in [1.82, 2.24) is 15.1 Å². The van der Waals surface area contributed by atoms with Crippen molar-refractivity contribution in [3.63, 3.8) is 0 Å². The molecule has 0 aromatic carbocycles. The van der Waals surface area contributed by atoms with E-state index in [0.717, 1.165) is 18.4 Å². The van der Waals surface area contributed by atoms with Crippen molar-refractivity contribution < 1.29 is 19.1 Å². The second-order valence-corrected chi connectivity index (χ2v) is 6.94. The van der Waals surface area contributed by atoms with Gasteiger partial charge in [0.15, 0.2) is 5.76 Å². The van der Waals surface area contributed by atoms with Crippen LogP contribution in [0.2, 0.25) is 0 Å². The number of rotatable bonds is 6. The number of hydrogen-bond acceptors (Lipinski definition) is 7. The molecule has 27 heavy (non-hydrogen) atoms. The second-order valence-electron chi connectivity index (χ2n) is 6.94. The average molecular weight is 367 g/mol. The van der Waals surface area contributed by atoms with E-state index in [1.807, 2.05) is 32.0 Å². The summed E-state index contributed by atoms with van der Waals surface area (Å²) in [6, 6.07) is 9.12. The topological polar surface area (TPSA) is 90.5 Å². The number of aromatic nitrogens is 3. The van der Waals surface area contributed by atoms with Crippen LogP contribution in [0.15, 0.2) is 47.2 Å². The Hall–Kier alpha value is -3.09. The van der Waals surface area contributed by atoms with Crippen LogP contribution in [-0.2, 0) is 0 Å². The van der Waals surface area contributed by atoms with Gasteiger partial charge in [-0.2, -0.15) is 0 Å². The van der Waals surface area contributed by atoms with Crippen molar-refractivity contribution in [2.45, 2.75) is 44.8 Å². The molecule has 1 aliphatic rings. The van der Waals surface area contributed by atoms with Crippen LogP contribution in [0.4, 0.5) is 0 Å². The Morgan fingerprint density at radius 2 is 1.96 bits per heavy atom. The van der Waals surface area contributed by atoms with Gasteiger partial charge in [0.25, 0.3) is 5.88 Å². The third kappa shape index (κ3) is 4.02. The first kappa shape index (κ1) is 17.3. The Morgan fingerprint density at radius 1 is 1.11 bits per heavy atom. The van der Waals surface area contributed by atoms with Crippen molar-refractivity contribution in [2.75, 3.05) is 0 Å². The minimum absolute atomic E-state index is 0.111. The fourth-order valence-electron chi connectivity index (χ4n) is 3.09. The van der Waals surface area contributed by atoms with E-state index in [0.29, 0.717) is 23.4 Å². The minimum atomic E-state index is -0.149. The summed E-state index contributed by atoms with van der Waals surface area (Å²) in [6.45, 7) is 3.98. The molecule has 7 nitrogen and oxygen atoms in total. The molecule has 0 amide bonds. The highest BCUT2D eigenvalue weighted by Gasteiger charge is 2.32. The van der Waals surface area contributed by atoms with Gasteiger partial charge in [0.2, 0.25) is 11.8 Å². The van der Waals surface area contributed by atoms with E-state index >= 15 is 0 Å². The number of aromatic hydroxyl groups is 1. The van der Waals surface area contributed by atoms with E-state index in [-0.39, 0.29) is 18.1 Å². The molecule has 0 saturated heterocycles. The normalized spacial score (nSPS) is 18.9. The Bertz CT molecular complexity index is 902. The number of pyridine rings is 2. The summed E-state index contributed by atoms with van der Waals surface area (Å²) < 4.78 is 16.6. The summed E-state index contributed by atoms with van der Waals surface area (Å²) in [5.41, 5.74) is 1.96. The van der Waals surface area contributed by atoms with Gasteiger partial charge < -0.3 is 19.1 Å². The first-order chi connectivity index (χ1) is 13.1. The van der Waals surface area contributed by atoms with Crippen LogP contribution < -0.4 is 9.47 Å². The molecule has 3 aromatic rings. The van der Waals surface area contributed by atoms with Gasteiger partial charge in [0, 0.05) is 36.2 Å². The van der Waals surface area contributed by atoms with E-state index in [9.17, 15) is 5.11 Å². The van der Waals surface area contributed by atoms with E-state index in [1.54, 1.807) is 18.5 Å². The van der Waals surface area contributed by atoms with Crippen molar-refractivity contribution in [1.29, 1.82) is 0 Å².